The smallest absolute Gasteiger partial charge is 0.121 e. The Bertz CT molecular complexity index is 289. The highest BCUT2D eigenvalue weighted by Crippen LogP contribution is 2.17. The van der Waals surface area contributed by atoms with E-state index < -0.39 is 0 Å². The van der Waals surface area contributed by atoms with E-state index in [1.165, 1.54) is 0 Å². The monoisotopic (exact) mass is 223 g/mol. The predicted octanol–water partition coefficient (Wildman–Crippen LogP) is 2.92. The highest BCUT2D eigenvalue weighted by atomic mass is 16.5. The fraction of sp³-hybridized carbons (Fsp3) is 0.538. The van der Waals surface area contributed by atoms with Crippen LogP contribution in [0.1, 0.15) is 20.3 Å². The average molecular weight is 223 g/mol. The molecule has 0 fully saturated rings. The van der Waals surface area contributed by atoms with Gasteiger partial charge in [0.1, 0.15) is 12.4 Å². The van der Waals surface area contributed by atoms with Gasteiger partial charge in [0.05, 0.1) is 6.61 Å². The molecule has 0 saturated carbocycles. The Hall–Kier alpha value is -1.22. The molecule has 16 heavy (non-hydrogen) atoms. The van der Waals surface area contributed by atoms with Crippen LogP contribution in [0.4, 0.5) is 5.69 Å². The lowest BCUT2D eigenvalue weighted by atomic mass is 10.3. The Morgan fingerprint density at radius 1 is 1.19 bits per heavy atom. The van der Waals surface area contributed by atoms with E-state index in [4.69, 9.17) is 9.47 Å². The summed E-state index contributed by atoms with van der Waals surface area (Å²) in [6.45, 7) is 7.10. The van der Waals surface area contributed by atoms with E-state index in [0.29, 0.717) is 13.2 Å². The van der Waals surface area contributed by atoms with E-state index >= 15 is 0 Å². The van der Waals surface area contributed by atoms with Gasteiger partial charge in [-0.15, -0.1) is 0 Å². The number of hydrogen-bond donors (Lipinski definition) is 1. The maximum Gasteiger partial charge on any atom is 0.121 e. The number of rotatable bonds is 8. The van der Waals surface area contributed by atoms with Crippen molar-refractivity contribution in [2.24, 2.45) is 0 Å². The van der Waals surface area contributed by atoms with Gasteiger partial charge in [-0.1, -0.05) is 13.0 Å². The van der Waals surface area contributed by atoms with Gasteiger partial charge in [-0.25, -0.2) is 0 Å². The van der Waals surface area contributed by atoms with Gasteiger partial charge < -0.3 is 14.8 Å². The van der Waals surface area contributed by atoms with Gasteiger partial charge >= 0.3 is 0 Å². The van der Waals surface area contributed by atoms with Crippen LogP contribution in [-0.2, 0) is 4.74 Å². The fourth-order valence-corrected chi connectivity index (χ4v) is 1.33. The molecule has 90 valence electrons. The topological polar surface area (TPSA) is 30.5 Å². The molecule has 0 aliphatic rings. The van der Waals surface area contributed by atoms with E-state index in [0.717, 1.165) is 31.0 Å². The minimum absolute atomic E-state index is 0.602. The van der Waals surface area contributed by atoms with Gasteiger partial charge in [0.15, 0.2) is 0 Å². The minimum atomic E-state index is 0.602. The third kappa shape index (κ3) is 5.03. The molecular formula is C13H21NO2. The molecule has 0 bridgehead atoms. The Kier molecular flexibility index (Phi) is 6.42. The van der Waals surface area contributed by atoms with Crippen LogP contribution in [-0.4, -0.2) is 26.4 Å². The average Bonchev–Trinajstić information content (AvgIpc) is 2.33. The maximum absolute atomic E-state index is 5.56. The van der Waals surface area contributed by atoms with Gasteiger partial charge in [0.2, 0.25) is 0 Å². The Labute approximate surface area is 97.8 Å². The summed E-state index contributed by atoms with van der Waals surface area (Å²) in [5.41, 5.74) is 1.11. The van der Waals surface area contributed by atoms with Crippen molar-refractivity contribution in [1.82, 2.24) is 0 Å². The SMILES string of the molecule is CCCNc1cccc(OCCOCC)c1. The number of anilines is 1. The third-order valence-corrected chi connectivity index (χ3v) is 2.11. The van der Waals surface area contributed by atoms with E-state index in [2.05, 4.69) is 12.2 Å². The van der Waals surface area contributed by atoms with Crippen molar-refractivity contribution >= 4 is 5.69 Å². The summed E-state index contributed by atoms with van der Waals surface area (Å²) in [5.74, 6) is 0.890. The number of nitrogens with one attached hydrogen (secondary N) is 1. The Morgan fingerprint density at radius 2 is 2.06 bits per heavy atom. The van der Waals surface area contributed by atoms with Crippen LogP contribution in [0.25, 0.3) is 0 Å². The molecule has 1 aromatic carbocycles. The Balaban J connectivity index is 2.35. The van der Waals surface area contributed by atoms with Gasteiger partial charge in [-0.05, 0) is 25.5 Å². The summed E-state index contributed by atoms with van der Waals surface area (Å²) in [5, 5.41) is 3.33. The van der Waals surface area contributed by atoms with E-state index in [1.807, 2.05) is 31.2 Å². The molecular weight excluding hydrogens is 202 g/mol. The van der Waals surface area contributed by atoms with E-state index in [9.17, 15) is 0 Å². The second kappa shape index (κ2) is 7.99. The molecule has 3 heteroatoms. The number of hydrogen-bond acceptors (Lipinski definition) is 3. The molecule has 3 nitrogen and oxygen atoms in total. The molecule has 0 unspecified atom stereocenters. The van der Waals surface area contributed by atoms with Crippen LogP contribution in [0.2, 0.25) is 0 Å². The second-order valence-corrected chi connectivity index (χ2v) is 3.50. The minimum Gasteiger partial charge on any atom is -0.491 e. The highest BCUT2D eigenvalue weighted by molar-refractivity contribution is 5.48. The first kappa shape index (κ1) is 12.8. The molecule has 0 saturated heterocycles. The zero-order valence-electron chi connectivity index (χ0n) is 10.2. The molecule has 0 atom stereocenters. The lowest BCUT2D eigenvalue weighted by Crippen LogP contribution is -2.06. The fourth-order valence-electron chi connectivity index (χ4n) is 1.33. The summed E-state index contributed by atoms with van der Waals surface area (Å²) in [6.07, 6.45) is 1.12. The van der Waals surface area contributed by atoms with Crippen LogP contribution in [0, 0.1) is 0 Å². The predicted molar refractivity (Wildman–Crippen MR) is 67.2 cm³/mol. The van der Waals surface area contributed by atoms with E-state index in [1.54, 1.807) is 0 Å². The Morgan fingerprint density at radius 3 is 2.81 bits per heavy atom. The first-order valence-corrected chi connectivity index (χ1v) is 5.91. The van der Waals surface area contributed by atoms with Crippen LogP contribution in [0.15, 0.2) is 24.3 Å². The van der Waals surface area contributed by atoms with Crippen LogP contribution < -0.4 is 10.1 Å². The molecule has 1 rings (SSSR count). The maximum atomic E-state index is 5.56. The normalized spacial score (nSPS) is 10.1. The van der Waals surface area contributed by atoms with Crippen molar-refractivity contribution in [2.45, 2.75) is 20.3 Å². The highest BCUT2D eigenvalue weighted by Gasteiger charge is 1.96. The quantitative estimate of drug-likeness (QED) is 0.687. The first-order chi connectivity index (χ1) is 7.86. The molecule has 0 amide bonds. The molecule has 0 spiro atoms. The zero-order chi connectivity index (χ0) is 11.6. The molecule has 0 aliphatic carbocycles. The van der Waals surface area contributed by atoms with Gasteiger partial charge in [0.25, 0.3) is 0 Å². The molecule has 0 radical (unpaired) electrons. The second-order valence-electron chi connectivity index (χ2n) is 3.50. The van der Waals surface area contributed by atoms with Crippen molar-refractivity contribution in [3.8, 4) is 5.75 Å². The van der Waals surface area contributed by atoms with Crippen LogP contribution in [0.5, 0.6) is 5.75 Å². The van der Waals surface area contributed by atoms with Gasteiger partial charge in [0, 0.05) is 24.9 Å². The van der Waals surface area contributed by atoms with Crippen molar-refractivity contribution in [1.29, 1.82) is 0 Å². The first-order valence-electron chi connectivity index (χ1n) is 5.91. The van der Waals surface area contributed by atoms with Crippen molar-refractivity contribution in [3.05, 3.63) is 24.3 Å². The summed E-state index contributed by atoms with van der Waals surface area (Å²) >= 11 is 0. The summed E-state index contributed by atoms with van der Waals surface area (Å²) in [7, 11) is 0. The van der Waals surface area contributed by atoms with Gasteiger partial charge in [-0.3, -0.25) is 0 Å². The third-order valence-electron chi connectivity index (χ3n) is 2.11. The largest absolute Gasteiger partial charge is 0.491 e. The van der Waals surface area contributed by atoms with Crippen molar-refractivity contribution in [2.75, 3.05) is 31.7 Å². The summed E-state index contributed by atoms with van der Waals surface area (Å²) in [6, 6.07) is 8.02. The molecule has 0 heterocycles. The van der Waals surface area contributed by atoms with Crippen molar-refractivity contribution in [3.63, 3.8) is 0 Å². The number of benzene rings is 1. The lowest BCUT2D eigenvalue weighted by molar-refractivity contribution is 0.110. The molecule has 0 aliphatic heterocycles. The molecule has 0 aromatic heterocycles. The van der Waals surface area contributed by atoms with Crippen molar-refractivity contribution < 1.29 is 9.47 Å². The van der Waals surface area contributed by atoms with Gasteiger partial charge in [-0.2, -0.15) is 0 Å². The van der Waals surface area contributed by atoms with Crippen LogP contribution >= 0.6 is 0 Å². The summed E-state index contributed by atoms with van der Waals surface area (Å²) < 4.78 is 10.8. The zero-order valence-corrected chi connectivity index (χ0v) is 10.2. The molecule has 1 aromatic rings. The lowest BCUT2D eigenvalue weighted by Gasteiger charge is -2.09. The standard InChI is InChI=1S/C13H21NO2/c1-3-8-14-12-6-5-7-13(11-12)16-10-9-15-4-2/h5-7,11,14H,3-4,8-10H2,1-2H3. The summed E-state index contributed by atoms with van der Waals surface area (Å²) in [4.78, 5) is 0. The number of ether oxygens (including phenoxy) is 2. The van der Waals surface area contributed by atoms with Crippen LogP contribution in [0.3, 0.4) is 0 Å². The van der Waals surface area contributed by atoms with E-state index in [-0.39, 0.29) is 0 Å². The molecule has 1 N–H and O–H groups in total.